The Balaban J connectivity index is 1.92. The number of hydrogen-bond acceptors (Lipinski definition) is 4. The molecule has 1 unspecified atom stereocenters. The van der Waals surface area contributed by atoms with Crippen molar-refractivity contribution in [1.29, 1.82) is 0 Å². The molecule has 2 N–H and O–H groups in total. The first kappa shape index (κ1) is 22.6. The van der Waals surface area contributed by atoms with Gasteiger partial charge in [-0.1, -0.05) is 37.6 Å². The maximum absolute atomic E-state index is 13.0. The van der Waals surface area contributed by atoms with E-state index >= 15 is 0 Å². The van der Waals surface area contributed by atoms with Crippen LogP contribution in [0.25, 0.3) is 0 Å². The van der Waals surface area contributed by atoms with Crippen molar-refractivity contribution in [3.8, 4) is 0 Å². The first-order valence-electron chi connectivity index (χ1n) is 10.1. The molecule has 1 aromatic carbocycles. The highest BCUT2D eigenvalue weighted by Gasteiger charge is 2.31. The lowest BCUT2D eigenvalue weighted by molar-refractivity contribution is -0.136. The number of carbonyl (C=O) groups is 3. The lowest BCUT2D eigenvalue weighted by Gasteiger charge is -2.37. The summed E-state index contributed by atoms with van der Waals surface area (Å²) in [6.07, 6.45) is 1.64. The molecule has 1 atom stereocenters. The fourth-order valence-corrected chi connectivity index (χ4v) is 3.29. The smallest absolute Gasteiger partial charge is 0.251 e. The Morgan fingerprint density at radius 2 is 1.86 bits per heavy atom. The monoisotopic (exact) mass is 400 g/mol. The molecule has 0 saturated carbocycles. The van der Waals surface area contributed by atoms with Crippen molar-refractivity contribution in [3.05, 3.63) is 48.0 Å². The average molecular weight is 401 g/mol. The summed E-state index contributed by atoms with van der Waals surface area (Å²) in [5.41, 5.74) is 1.55. The van der Waals surface area contributed by atoms with Gasteiger partial charge in [0.15, 0.2) is 0 Å². The van der Waals surface area contributed by atoms with Crippen molar-refractivity contribution in [2.75, 3.05) is 39.3 Å². The van der Waals surface area contributed by atoms with E-state index in [-0.39, 0.29) is 23.6 Å². The van der Waals surface area contributed by atoms with Gasteiger partial charge in [0.2, 0.25) is 11.8 Å². The van der Waals surface area contributed by atoms with E-state index in [2.05, 4.69) is 17.2 Å². The van der Waals surface area contributed by atoms with Crippen molar-refractivity contribution < 1.29 is 14.4 Å². The maximum atomic E-state index is 13.0. The molecular weight excluding hydrogens is 368 g/mol. The van der Waals surface area contributed by atoms with Crippen LogP contribution in [0.5, 0.6) is 0 Å². The molecule has 29 heavy (non-hydrogen) atoms. The van der Waals surface area contributed by atoms with Crippen LogP contribution < -0.4 is 10.6 Å². The summed E-state index contributed by atoms with van der Waals surface area (Å²) in [4.78, 5) is 41.3. The zero-order valence-electron chi connectivity index (χ0n) is 17.6. The fraction of sp³-hybridized carbons (Fsp3) is 0.500. The summed E-state index contributed by atoms with van der Waals surface area (Å²) in [5.74, 6) is -0.385. The highest BCUT2D eigenvalue weighted by molar-refractivity contribution is 5.97. The molecule has 0 spiro atoms. The van der Waals surface area contributed by atoms with E-state index in [4.69, 9.17) is 0 Å². The molecule has 0 radical (unpaired) electrons. The summed E-state index contributed by atoms with van der Waals surface area (Å²) in [6.45, 7) is 12.5. The van der Waals surface area contributed by atoms with Gasteiger partial charge >= 0.3 is 0 Å². The lowest BCUT2D eigenvalue weighted by atomic mass is 10.0. The number of rotatable bonds is 8. The third-order valence-electron chi connectivity index (χ3n) is 4.99. The number of hydrogen-bond donors (Lipinski definition) is 2. The van der Waals surface area contributed by atoms with E-state index in [9.17, 15) is 14.4 Å². The van der Waals surface area contributed by atoms with Crippen LogP contribution in [-0.4, -0.2) is 72.8 Å². The molecule has 0 aromatic heterocycles. The molecule has 7 heteroatoms. The minimum absolute atomic E-state index is 0.0287. The van der Waals surface area contributed by atoms with Gasteiger partial charge in [-0.3, -0.25) is 19.3 Å². The van der Waals surface area contributed by atoms with Gasteiger partial charge in [-0.05, 0) is 25.0 Å². The quantitative estimate of drug-likeness (QED) is 0.643. The third-order valence-corrected chi connectivity index (χ3v) is 4.99. The Bertz CT molecular complexity index is 739. The molecule has 1 heterocycles. The Morgan fingerprint density at radius 3 is 2.45 bits per heavy atom. The highest BCUT2D eigenvalue weighted by atomic mass is 16.2. The number of benzene rings is 1. The van der Waals surface area contributed by atoms with E-state index in [1.54, 1.807) is 17.0 Å². The van der Waals surface area contributed by atoms with Crippen LogP contribution in [0.2, 0.25) is 0 Å². The summed E-state index contributed by atoms with van der Waals surface area (Å²) >= 11 is 0. The Hall–Kier alpha value is -2.67. The maximum Gasteiger partial charge on any atom is 0.251 e. The largest absolute Gasteiger partial charge is 0.352 e. The van der Waals surface area contributed by atoms with Gasteiger partial charge in [0.25, 0.3) is 5.91 Å². The lowest BCUT2D eigenvalue weighted by Crippen LogP contribution is -2.57. The molecule has 2 rings (SSSR count). The minimum atomic E-state index is -0.578. The van der Waals surface area contributed by atoms with Gasteiger partial charge in [-0.15, -0.1) is 6.58 Å². The first-order chi connectivity index (χ1) is 13.8. The number of amides is 3. The number of aryl methyl sites for hydroxylation is 1. The second kappa shape index (κ2) is 10.8. The number of nitrogens with one attached hydrogen (secondary N) is 2. The predicted octanol–water partition coefficient (Wildman–Crippen LogP) is 1.20. The van der Waals surface area contributed by atoms with Crippen molar-refractivity contribution in [1.82, 2.24) is 20.4 Å². The molecular formula is C22H32N4O3. The molecule has 1 aliphatic rings. The van der Waals surface area contributed by atoms with Crippen LogP contribution >= 0.6 is 0 Å². The van der Waals surface area contributed by atoms with Crippen molar-refractivity contribution in [2.45, 2.75) is 26.8 Å². The molecule has 0 bridgehead atoms. The summed E-state index contributed by atoms with van der Waals surface area (Å²) in [6, 6.07) is 6.75. The fourth-order valence-electron chi connectivity index (χ4n) is 3.29. The molecule has 1 saturated heterocycles. The van der Waals surface area contributed by atoms with Crippen molar-refractivity contribution in [3.63, 3.8) is 0 Å². The van der Waals surface area contributed by atoms with Crippen LogP contribution in [0.15, 0.2) is 36.9 Å². The second-order valence-electron chi connectivity index (χ2n) is 7.76. The molecule has 1 aromatic rings. The first-order valence-corrected chi connectivity index (χ1v) is 10.1. The van der Waals surface area contributed by atoms with Gasteiger partial charge in [0.05, 0.1) is 6.54 Å². The van der Waals surface area contributed by atoms with Crippen LogP contribution in [0.3, 0.4) is 0 Å². The molecule has 3 amide bonds. The van der Waals surface area contributed by atoms with Crippen LogP contribution in [0.1, 0.15) is 29.8 Å². The summed E-state index contributed by atoms with van der Waals surface area (Å²) in [7, 11) is 0. The van der Waals surface area contributed by atoms with E-state index in [1.807, 2.05) is 43.9 Å². The van der Waals surface area contributed by atoms with Crippen molar-refractivity contribution in [2.24, 2.45) is 5.92 Å². The normalized spacial score (nSPS) is 15.7. The highest BCUT2D eigenvalue weighted by Crippen LogP contribution is 2.12. The summed E-state index contributed by atoms with van der Waals surface area (Å²) < 4.78 is 0. The standard InChI is InChI=1S/C22H32N4O3/c1-5-9-23-19(27)15-25-10-12-26(13-11-25)22(29)20(16(2)3)24-21(28)18-8-6-7-17(4)14-18/h5-8,14,16,20H,1,9-13,15H2,2-4H3,(H,23,27)(H,24,28). The molecule has 1 fully saturated rings. The minimum Gasteiger partial charge on any atom is -0.352 e. The van der Waals surface area contributed by atoms with Gasteiger partial charge in [-0.25, -0.2) is 0 Å². The molecule has 1 aliphatic heterocycles. The van der Waals surface area contributed by atoms with E-state index < -0.39 is 6.04 Å². The Kier molecular flexibility index (Phi) is 8.39. The molecule has 7 nitrogen and oxygen atoms in total. The van der Waals surface area contributed by atoms with Gasteiger partial charge < -0.3 is 15.5 Å². The third kappa shape index (κ3) is 6.71. The zero-order chi connectivity index (χ0) is 21.4. The predicted molar refractivity (Wildman–Crippen MR) is 113 cm³/mol. The SMILES string of the molecule is C=CCNC(=O)CN1CCN(C(=O)C(NC(=O)c2cccc(C)c2)C(C)C)CC1. The van der Waals surface area contributed by atoms with E-state index in [1.165, 1.54) is 0 Å². The van der Waals surface area contributed by atoms with Crippen LogP contribution in [-0.2, 0) is 9.59 Å². The van der Waals surface area contributed by atoms with Gasteiger partial charge in [-0.2, -0.15) is 0 Å². The summed E-state index contributed by atoms with van der Waals surface area (Å²) in [5, 5.41) is 5.67. The van der Waals surface area contributed by atoms with E-state index in [0.29, 0.717) is 44.8 Å². The molecule has 0 aliphatic carbocycles. The van der Waals surface area contributed by atoms with E-state index in [0.717, 1.165) is 5.56 Å². The van der Waals surface area contributed by atoms with Crippen LogP contribution in [0, 0.1) is 12.8 Å². The topological polar surface area (TPSA) is 81.8 Å². The van der Waals surface area contributed by atoms with Gasteiger partial charge in [0, 0.05) is 38.3 Å². The average Bonchev–Trinajstić information content (AvgIpc) is 2.70. The number of nitrogens with zero attached hydrogens (tertiary/aromatic N) is 2. The number of carbonyl (C=O) groups excluding carboxylic acids is 3. The van der Waals surface area contributed by atoms with Crippen molar-refractivity contribution >= 4 is 17.7 Å². The van der Waals surface area contributed by atoms with Gasteiger partial charge in [0.1, 0.15) is 6.04 Å². The Morgan fingerprint density at radius 1 is 1.17 bits per heavy atom. The Labute approximate surface area is 173 Å². The zero-order valence-corrected chi connectivity index (χ0v) is 17.6. The molecule has 158 valence electrons. The van der Waals surface area contributed by atoms with Crippen LogP contribution in [0.4, 0.5) is 0 Å². The number of piperazine rings is 1. The second-order valence-corrected chi connectivity index (χ2v) is 7.76.